The average molecular weight is 511 g/mol. The number of ether oxygens (including phenoxy) is 1. The fraction of sp³-hybridized carbons (Fsp3) is 0.389. The maximum atomic E-state index is 13.0. The van der Waals surface area contributed by atoms with Crippen LogP contribution in [0.1, 0.15) is 22.1 Å². The van der Waals surface area contributed by atoms with Gasteiger partial charge in [0.25, 0.3) is 0 Å². The number of thiophene rings is 1. The lowest BCUT2D eigenvalue weighted by Gasteiger charge is -2.35. The van der Waals surface area contributed by atoms with E-state index in [0.29, 0.717) is 31.8 Å². The lowest BCUT2D eigenvalue weighted by atomic mass is 10.0. The fourth-order valence-corrected chi connectivity index (χ4v) is 3.51. The van der Waals surface area contributed by atoms with E-state index in [1.165, 1.54) is 10.9 Å². The number of hydrogen-bond acceptors (Lipinski definition) is 3. The molecule has 27 heavy (non-hydrogen) atoms. The Morgan fingerprint density at radius 2 is 2.15 bits per heavy atom. The lowest BCUT2D eigenvalue weighted by molar-refractivity contribution is -0.137. The molecule has 3 rings (SSSR count). The molecule has 1 aromatic carbocycles. The summed E-state index contributed by atoms with van der Waals surface area (Å²) in [6, 6.07) is 9.36. The predicted molar refractivity (Wildman–Crippen MR) is 112 cm³/mol. The van der Waals surface area contributed by atoms with Gasteiger partial charge in [0.1, 0.15) is 6.10 Å². The standard InChI is InChI=1S/C18H20F3N3OS.HI/c1-22-17(23-11-15-6-3-9-26-15)24-7-8-25-16(12-24)13-4-2-5-14(10-13)18(19,20)21;/h2-6,9-10,16H,7-8,11-12H2,1H3,(H,22,23);1H. The van der Waals surface area contributed by atoms with Crippen LogP contribution in [-0.2, 0) is 17.5 Å². The first-order valence-electron chi connectivity index (χ1n) is 8.24. The third kappa shape index (κ3) is 5.82. The van der Waals surface area contributed by atoms with Gasteiger partial charge in [0.15, 0.2) is 5.96 Å². The summed E-state index contributed by atoms with van der Waals surface area (Å²) in [6.07, 6.45) is -4.78. The Bertz CT molecular complexity index is 753. The molecule has 0 amide bonds. The molecule has 0 radical (unpaired) electrons. The minimum Gasteiger partial charge on any atom is -0.370 e. The van der Waals surface area contributed by atoms with E-state index in [2.05, 4.69) is 10.3 Å². The molecule has 1 unspecified atom stereocenters. The van der Waals surface area contributed by atoms with E-state index in [0.717, 1.165) is 18.1 Å². The van der Waals surface area contributed by atoms with Crippen molar-refractivity contribution in [2.45, 2.75) is 18.8 Å². The number of nitrogens with zero attached hydrogens (tertiary/aromatic N) is 2. The Labute approximate surface area is 177 Å². The van der Waals surface area contributed by atoms with Crippen LogP contribution >= 0.6 is 35.3 Å². The van der Waals surface area contributed by atoms with Crippen molar-refractivity contribution in [2.24, 2.45) is 4.99 Å². The van der Waals surface area contributed by atoms with Gasteiger partial charge in [-0.1, -0.05) is 18.2 Å². The number of hydrogen-bond donors (Lipinski definition) is 1. The first-order valence-corrected chi connectivity index (χ1v) is 9.12. The lowest BCUT2D eigenvalue weighted by Crippen LogP contribution is -2.47. The maximum Gasteiger partial charge on any atom is 0.416 e. The first-order chi connectivity index (χ1) is 12.5. The molecule has 0 saturated carbocycles. The molecule has 1 saturated heterocycles. The third-order valence-corrected chi connectivity index (χ3v) is 5.04. The Hall–Kier alpha value is -1.33. The molecule has 1 N–H and O–H groups in total. The van der Waals surface area contributed by atoms with Crippen LogP contribution in [0.5, 0.6) is 0 Å². The molecule has 0 spiro atoms. The van der Waals surface area contributed by atoms with Crippen LogP contribution < -0.4 is 5.32 Å². The molecular weight excluding hydrogens is 490 g/mol. The number of nitrogens with one attached hydrogen (secondary N) is 1. The highest BCUT2D eigenvalue weighted by molar-refractivity contribution is 14.0. The molecule has 1 aromatic heterocycles. The number of alkyl halides is 3. The van der Waals surface area contributed by atoms with Crippen LogP contribution in [0.4, 0.5) is 13.2 Å². The van der Waals surface area contributed by atoms with Crippen molar-refractivity contribution < 1.29 is 17.9 Å². The topological polar surface area (TPSA) is 36.9 Å². The van der Waals surface area contributed by atoms with Crippen LogP contribution in [0.25, 0.3) is 0 Å². The molecule has 2 heterocycles. The molecule has 4 nitrogen and oxygen atoms in total. The minimum absolute atomic E-state index is 0. The van der Waals surface area contributed by atoms with E-state index < -0.39 is 17.8 Å². The van der Waals surface area contributed by atoms with Gasteiger partial charge in [-0.05, 0) is 29.1 Å². The SMILES string of the molecule is CN=C(NCc1cccs1)N1CCOC(c2cccc(C(F)(F)F)c2)C1.I. The van der Waals surface area contributed by atoms with E-state index in [-0.39, 0.29) is 24.0 Å². The van der Waals surface area contributed by atoms with E-state index in [1.807, 2.05) is 22.4 Å². The van der Waals surface area contributed by atoms with Gasteiger partial charge >= 0.3 is 6.18 Å². The Morgan fingerprint density at radius 1 is 1.33 bits per heavy atom. The van der Waals surface area contributed by atoms with Crippen molar-refractivity contribution in [1.29, 1.82) is 0 Å². The van der Waals surface area contributed by atoms with Crippen molar-refractivity contribution in [1.82, 2.24) is 10.2 Å². The van der Waals surface area contributed by atoms with Crippen molar-refractivity contribution in [2.75, 3.05) is 26.7 Å². The van der Waals surface area contributed by atoms with Gasteiger partial charge in [-0.25, -0.2) is 0 Å². The summed E-state index contributed by atoms with van der Waals surface area (Å²) in [4.78, 5) is 7.50. The van der Waals surface area contributed by atoms with Gasteiger partial charge in [-0.3, -0.25) is 4.99 Å². The highest BCUT2D eigenvalue weighted by Crippen LogP contribution is 2.32. The smallest absolute Gasteiger partial charge is 0.370 e. The summed E-state index contributed by atoms with van der Waals surface area (Å²) in [5.74, 6) is 0.721. The van der Waals surface area contributed by atoms with Gasteiger partial charge in [-0.2, -0.15) is 13.2 Å². The van der Waals surface area contributed by atoms with Crippen LogP contribution in [0, 0.1) is 0 Å². The van der Waals surface area contributed by atoms with E-state index >= 15 is 0 Å². The molecule has 1 atom stereocenters. The van der Waals surface area contributed by atoms with Crippen molar-refractivity contribution in [3.8, 4) is 0 Å². The van der Waals surface area contributed by atoms with Gasteiger partial charge in [0, 0.05) is 18.5 Å². The average Bonchev–Trinajstić information content (AvgIpc) is 3.15. The molecule has 1 aliphatic heterocycles. The molecule has 9 heteroatoms. The zero-order chi connectivity index (χ0) is 18.6. The normalized spacial score (nSPS) is 18.1. The second-order valence-electron chi connectivity index (χ2n) is 5.91. The van der Waals surface area contributed by atoms with Crippen molar-refractivity contribution in [3.05, 3.63) is 57.8 Å². The molecule has 1 aliphatic rings. The molecule has 1 fully saturated rings. The minimum atomic E-state index is -4.36. The Morgan fingerprint density at radius 3 is 2.81 bits per heavy atom. The summed E-state index contributed by atoms with van der Waals surface area (Å²) in [5.41, 5.74) is -0.130. The van der Waals surface area contributed by atoms with Gasteiger partial charge in [-0.15, -0.1) is 35.3 Å². The number of halogens is 4. The van der Waals surface area contributed by atoms with Crippen LogP contribution in [0.2, 0.25) is 0 Å². The molecule has 2 aromatic rings. The Kier molecular flexibility index (Phi) is 7.92. The largest absolute Gasteiger partial charge is 0.416 e. The second kappa shape index (κ2) is 9.74. The first kappa shape index (κ1) is 22.0. The molecule has 0 aliphatic carbocycles. The number of benzene rings is 1. The number of morpholine rings is 1. The maximum absolute atomic E-state index is 13.0. The number of guanidine groups is 1. The second-order valence-corrected chi connectivity index (χ2v) is 6.94. The zero-order valence-corrected chi connectivity index (χ0v) is 17.8. The monoisotopic (exact) mass is 511 g/mol. The van der Waals surface area contributed by atoms with E-state index in [4.69, 9.17) is 4.74 Å². The highest BCUT2D eigenvalue weighted by atomic mass is 127. The van der Waals surface area contributed by atoms with Gasteiger partial charge < -0.3 is 15.0 Å². The summed E-state index contributed by atoms with van der Waals surface area (Å²) < 4.78 is 44.6. The number of aliphatic imine (C=N–C) groups is 1. The zero-order valence-electron chi connectivity index (χ0n) is 14.7. The van der Waals surface area contributed by atoms with Crippen LogP contribution in [0.15, 0.2) is 46.8 Å². The summed E-state index contributed by atoms with van der Waals surface area (Å²) >= 11 is 1.66. The van der Waals surface area contributed by atoms with Gasteiger partial charge in [0.2, 0.25) is 0 Å². The van der Waals surface area contributed by atoms with Crippen LogP contribution in [-0.4, -0.2) is 37.6 Å². The molecule has 148 valence electrons. The van der Waals surface area contributed by atoms with Crippen molar-refractivity contribution in [3.63, 3.8) is 0 Å². The fourth-order valence-electron chi connectivity index (χ4n) is 2.87. The van der Waals surface area contributed by atoms with Crippen LogP contribution in [0.3, 0.4) is 0 Å². The predicted octanol–water partition coefficient (Wildman–Crippen LogP) is 4.53. The highest BCUT2D eigenvalue weighted by Gasteiger charge is 2.32. The third-order valence-electron chi connectivity index (χ3n) is 4.16. The Balaban J connectivity index is 0.00000261. The van der Waals surface area contributed by atoms with E-state index in [1.54, 1.807) is 24.5 Å². The summed E-state index contributed by atoms with van der Waals surface area (Å²) in [6.45, 7) is 2.18. The quantitative estimate of drug-likeness (QED) is 0.374. The summed E-state index contributed by atoms with van der Waals surface area (Å²) in [7, 11) is 1.70. The summed E-state index contributed by atoms with van der Waals surface area (Å²) in [5, 5.41) is 5.31. The van der Waals surface area contributed by atoms with Crippen molar-refractivity contribution >= 4 is 41.3 Å². The molecular formula is C18H21F3IN3OS. The van der Waals surface area contributed by atoms with E-state index in [9.17, 15) is 13.2 Å². The number of rotatable bonds is 3. The molecule has 0 bridgehead atoms. The van der Waals surface area contributed by atoms with Gasteiger partial charge in [0.05, 0.1) is 25.3 Å².